The molecule has 6 nitrogen and oxygen atoms in total. The zero-order valence-electron chi connectivity index (χ0n) is 15.7. The van der Waals surface area contributed by atoms with E-state index in [1.54, 1.807) is 11.3 Å². The van der Waals surface area contributed by atoms with Crippen LogP contribution in [-0.4, -0.2) is 40.6 Å². The van der Waals surface area contributed by atoms with Crippen molar-refractivity contribution in [3.63, 3.8) is 0 Å². The Morgan fingerprint density at radius 1 is 1.22 bits per heavy atom. The Morgan fingerprint density at radius 2 is 2.00 bits per heavy atom. The molecule has 0 atom stereocenters. The highest BCUT2D eigenvalue weighted by atomic mass is 32.1. The zero-order valence-corrected chi connectivity index (χ0v) is 16.5. The van der Waals surface area contributed by atoms with E-state index in [0.717, 1.165) is 61.4 Å². The summed E-state index contributed by atoms with van der Waals surface area (Å²) in [5.74, 6) is 1.38. The van der Waals surface area contributed by atoms with Gasteiger partial charge in [-0.1, -0.05) is 0 Å². The third-order valence-electron chi connectivity index (χ3n) is 5.21. The molecule has 0 aromatic carbocycles. The summed E-state index contributed by atoms with van der Waals surface area (Å²) >= 11 is 1.72. The lowest BCUT2D eigenvalue weighted by Crippen LogP contribution is -2.43. The summed E-state index contributed by atoms with van der Waals surface area (Å²) in [7, 11) is 0. The molecule has 0 bridgehead atoms. The maximum atomic E-state index is 5.96. The summed E-state index contributed by atoms with van der Waals surface area (Å²) < 4.78 is 1.16. The van der Waals surface area contributed by atoms with Gasteiger partial charge in [0.05, 0.1) is 10.2 Å². The second kappa shape index (κ2) is 8.19. The number of thiophene rings is 1. The van der Waals surface area contributed by atoms with Gasteiger partial charge in [0.15, 0.2) is 5.82 Å². The van der Waals surface area contributed by atoms with Crippen molar-refractivity contribution in [2.24, 2.45) is 0 Å². The number of hydrogen-bond donors (Lipinski definition) is 2. The highest BCUT2D eigenvalue weighted by Gasteiger charge is 2.22. The molecule has 0 spiro atoms. The molecule has 0 amide bonds. The molecule has 1 saturated heterocycles. The first-order valence-corrected chi connectivity index (χ1v) is 10.5. The van der Waals surface area contributed by atoms with Crippen molar-refractivity contribution < 1.29 is 0 Å². The Labute approximate surface area is 163 Å². The number of pyridine rings is 1. The molecule has 3 N–H and O–H groups in total. The number of nitrogens with two attached hydrogens (primary N) is 1. The summed E-state index contributed by atoms with van der Waals surface area (Å²) in [6.07, 6.45) is 8.25. The van der Waals surface area contributed by atoms with E-state index in [-0.39, 0.29) is 0 Å². The predicted octanol–water partition coefficient (Wildman–Crippen LogP) is 3.17. The molecule has 1 fully saturated rings. The van der Waals surface area contributed by atoms with Gasteiger partial charge < -0.3 is 16.0 Å². The van der Waals surface area contributed by atoms with Crippen molar-refractivity contribution in [1.29, 1.82) is 0 Å². The highest BCUT2D eigenvalue weighted by Crippen LogP contribution is 2.33. The molecular weight excluding hydrogens is 356 g/mol. The van der Waals surface area contributed by atoms with Crippen LogP contribution in [0.4, 0.5) is 11.8 Å². The van der Waals surface area contributed by atoms with Crippen LogP contribution in [0.5, 0.6) is 0 Å². The molecule has 1 aliphatic rings. The molecule has 7 heteroatoms. The number of piperidine rings is 1. The van der Waals surface area contributed by atoms with Crippen molar-refractivity contribution >= 4 is 33.3 Å². The summed E-state index contributed by atoms with van der Waals surface area (Å²) in [5, 5.41) is 5.86. The van der Waals surface area contributed by atoms with Gasteiger partial charge in [0, 0.05) is 31.5 Å². The Hall–Kier alpha value is -2.25. The van der Waals surface area contributed by atoms with Crippen LogP contribution in [0.25, 0.3) is 10.2 Å². The van der Waals surface area contributed by atoms with Crippen molar-refractivity contribution in [2.75, 3.05) is 30.3 Å². The molecule has 0 saturated carbocycles. The van der Waals surface area contributed by atoms with Gasteiger partial charge in [-0.25, -0.2) is 4.98 Å². The van der Waals surface area contributed by atoms with Crippen molar-refractivity contribution in [3.05, 3.63) is 41.0 Å². The van der Waals surface area contributed by atoms with Crippen LogP contribution in [0.1, 0.15) is 30.4 Å². The van der Waals surface area contributed by atoms with Gasteiger partial charge in [-0.15, -0.1) is 11.3 Å². The van der Waals surface area contributed by atoms with Crippen LogP contribution >= 0.6 is 11.3 Å². The maximum absolute atomic E-state index is 5.96. The van der Waals surface area contributed by atoms with Gasteiger partial charge in [-0.2, -0.15) is 4.98 Å². The molecule has 0 radical (unpaired) electrons. The van der Waals surface area contributed by atoms with Gasteiger partial charge in [-0.05, 0) is 67.8 Å². The fourth-order valence-electron chi connectivity index (χ4n) is 3.69. The molecule has 4 heterocycles. The van der Waals surface area contributed by atoms with Crippen molar-refractivity contribution in [3.8, 4) is 0 Å². The lowest BCUT2D eigenvalue weighted by molar-refractivity contribution is 0.412. The van der Waals surface area contributed by atoms with E-state index in [9.17, 15) is 0 Å². The summed E-state index contributed by atoms with van der Waals surface area (Å²) in [6.45, 7) is 5.15. The molecule has 0 aliphatic carbocycles. The number of aromatic nitrogens is 3. The maximum Gasteiger partial charge on any atom is 0.222 e. The monoisotopic (exact) mass is 382 g/mol. The van der Waals surface area contributed by atoms with E-state index in [1.807, 2.05) is 12.4 Å². The summed E-state index contributed by atoms with van der Waals surface area (Å²) in [5.41, 5.74) is 9.49. The minimum absolute atomic E-state index is 0.371. The fraction of sp³-hybridized carbons (Fsp3) is 0.450. The van der Waals surface area contributed by atoms with Gasteiger partial charge in [0.2, 0.25) is 5.95 Å². The van der Waals surface area contributed by atoms with Crippen molar-refractivity contribution in [2.45, 2.75) is 38.6 Å². The van der Waals surface area contributed by atoms with Crippen LogP contribution in [0.2, 0.25) is 0 Å². The summed E-state index contributed by atoms with van der Waals surface area (Å²) in [6, 6.07) is 4.77. The van der Waals surface area contributed by atoms with Crippen LogP contribution in [0.15, 0.2) is 29.9 Å². The smallest absolute Gasteiger partial charge is 0.222 e. The van der Waals surface area contributed by atoms with Crippen LogP contribution in [0.3, 0.4) is 0 Å². The highest BCUT2D eigenvalue weighted by molar-refractivity contribution is 7.18. The first-order valence-electron chi connectivity index (χ1n) is 9.59. The molecule has 3 aromatic heterocycles. The van der Waals surface area contributed by atoms with Crippen LogP contribution in [-0.2, 0) is 6.42 Å². The third kappa shape index (κ3) is 4.20. The lowest BCUT2D eigenvalue weighted by atomic mass is 10.0. The van der Waals surface area contributed by atoms with E-state index < -0.39 is 0 Å². The molecule has 142 valence electrons. The number of aryl methyl sites for hydroxylation is 2. The number of nitrogens with zero attached hydrogens (tertiary/aromatic N) is 4. The second-order valence-corrected chi connectivity index (χ2v) is 8.06. The molecular formula is C20H26N6S. The van der Waals surface area contributed by atoms with E-state index in [0.29, 0.717) is 12.0 Å². The number of nitrogen functional groups attached to an aromatic ring is 1. The Kier molecular flexibility index (Phi) is 5.50. The predicted molar refractivity (Wildman–Crippen MR) is 112 cm³/mol. The first kappa shape index (κ1) is 18.1. The van der Waals surface area contributed by atoms with Gasteiger partial charge >= 0.3 is 0 Å². The van der Waals surface area contributed by atoms with Crippen LogP contribution < -0.4 is 16.0 Å². The minimum Gasteiger partial charge on any atom is -0.368 e. The molecule has 0 unspecified atom stereocenters. The Morgan fingerprint density at radius 3 is 2.78 bits per heavy atom. The third-order valence-corrected chi connectivity index (χ3v) is 6.29. The molecule has 1 aliphatic heterocycles. The number of rotatable bonds is 6. The number of fused-ring (bicyclic) bond motifs is 1. The Balaban J connectivity index is 1.29. The van der Waals surface area contributed by atoms with Gasteiger partial charge in [-0.3, -0.25) is 4.98 Å². The van der Waals surface area contributed by atoms with E-state index in [4.69, 9.17) is 5.73 Å². The largest absolute Gasteiger partial charge is 0.368 e. The van der Waals surface area contributed by atoms with Crippen LogP contribution in [0, 0.1) is 6.92 Å². The number of nitrogens with one attached hydrogen (secondary N) is 1. The average molecular weight is 383 g/mol. The first-order chi connectivity index (χ1) is 13.2. The van der Waals surface area contributed by atoms with E-state index >= 15 is 0 Å². The van der Waals surface area contributed by atoms with Gasteiger partial charge in [0.1, 0.15) is 0 Å². The Bertz CT molecular complexity index is 886. The average Bonchev–Trinajstić information content (AvgIpc) is 3.07. The zero-order chi connectivity index (χ0) is 18.6. The normalized spacial score (nSPS) is 15.5. The SMILES string of the molecule is Cc1csc2c(N3CCC(NCCCc4ccncc4)CC3)nc(N)nc12. The standard InChI is InChI=1S/C20H26N6S/c1-14-13-27-18-17(14)24-20(21)25-19(18)26-11-6-16(7-12-26)23-8-2-3-15-4-9-22-10-5-15/h4-5,9-10,13,16,23H,2-3,6-8,11-12H2,1H3,(H2,21,24,25). The molecule has 3 aromatic rings. The summed E-state index contributed by atoms with van der Waals surface area (Å²) in [4.78, 5) is 15.4. The lowest BCUT2D eigenvalue weighted by Gasteiger charge is -2.33. The second-order valence-electron chi connectivity index (χ2n) is 7.18. The van der Waals surface area contributed by atoms with Crippen molar-refractivity contribution in [1.82, 2.24) is 20.3 Å². The van der Waals surface area contributed by atoms with E-state index in [1.165, 1.54) is 11.1 Å². The minimum atomic E-state index is 0.371. The molecule has 4 rings (SSSR count). The number of anilines is 2. The number of hydrogen-bond acceptors (Lipinski definition) is 7. The van der Waals surface area contributed by atoms with E-state index in [2.05, 4.69) is 49.6 Å². The van der Waals surface area contributed by atoms with Gasteiger partial charge in [0.25, 0.3) is 0 Å². The molecule has 27 heavy (non-hydrogen) atoms. The topological polar surface area (TPSA) is 80.0 Å². The fourth-order valence-corrected chi connectivity index (χ4v) is 4.70. The quantitative estimate of drug-likeness (QED) is 0.638.